The summed E-state index contributed by atoms with van der Waals surface area (Å²) in [6.07, 6.45) is 2.45. The van der Waals surface area contributed by atoms with E-state index in [4.69, 9.17) is 15.2 Å². The average Bonchev–Trinajstić information content (AvgIpc) is 2.48. The lowest BCUT2D eigenvalue weighted by molar-refractivity contribution is 0.0618. The number of methoxy groups -OCH3 is 2. The molecule has 4 nitrogen and oxygen atoms in total. The molecule has 0 amide bonds. The Bertz CT molecular complexity index is 435. The Morgan fingerprint density at radius 2 is 2.19 bits per heavy atom. The van der Waals surface area contributed by atoms with Gasteiger partial charge in [-0.15, -0.1) is 0 Å². The molecule has 3 atom stereocenters. The molecule has 0 aromatic heterocycles. The van der Waals surface area contributed by atoms with Gasteiger partial charge < -0.3 is 15.2 Å². The topological polar surface area (TPSA) is 47.7 Å². The molecule has 1 saturated heterocycles. The normalized spacial score (nSPS) is 22.8. The molecule has 1 aliphatic heterocycles. The minimum absolute atomic E-state index is 0.0819. The molecule has 0 saturated carbocycles. The van der Waals surface area contributed by atoms with Crippen molar-refractivity contribution in [3.63, 3.8) is 0 Å². The summed E-state index contributed by atoms with van der Waals surface area (Å²) in [5, 5.41) is 0. The quantitative estimate of drug-likeness (QED) is 0.875. The number of likely N-dealkylation sites (tertiary alicyclic amines) is 1. The maximum absolute atomic E-state index is 6.30. The van der Waals surface area contributed by atoms with Crippen molar-refractivity contribution in [2.45, 2.75) is 31.8 Å². The highest BCUT2D eigenvalue weighted by Crippen LogP contribution is 2.30. The van der Waals surface area contributed by atoms with E-state index in [0.717, 1.165) is 25.4 Å². The van der Waals surface area contributed by atoms with Gasteiger partial charge in [-0.25, -0.2) is 0 Å². The molecule has 1 aliphatic rings. The van der Waals surface area contributed by atoms with Gasteiger partial charge in [-0.2, -0.15) is 0 Å². The predicted octanol–water partition coefficient (Wildman–Crippen LogP) is 2.44. The molecule has 1 heterocycles. The van der Waals surface area contributed by atoms with Gasteiger partial charge in [0.15, 0.2) is 0 Å². The minimum Gasteiger partial charge on any atom is -0.497 e. The van der Waals surface area contributed by atoms with E-state index in [0.29, 0.717) is 5.92 Å². The summed E-state index contributed by atoms with van der Waals surface area (Å²) < 4.78 is 10.7. The number of hydrogen-bond donors (Lipinski definition) is 1. The summed E-state index contributed by atoms with van der Waals surface area (Å²) >= 11 is 0. The molecule has 0 radical (unpaired) electrons. The van der Waals surface area contributed by atoms with Gasteiger partial charge >= 0.3 is 0 Å². The van der Waals surface area contributed by atoms with E-state index < -0.39 is 0 Å². The van der Waals surface area contributed by atoms with Crippen molar-refractivity contribution >= 4 is 0 Å². The molecule has 21 heavy (non-hydrogen) atoms. The van der Waals surface area contributed by atoms with Crippen LogP contribution in [0.1, 0.15) is 31.4 Å². The molecule has 0 aliphatic carbocycles. The van der Waals surface area contributed by atoms with Crippen LogP contribution in [-0.4, -0.2) is 44.9 Å². The maximum Gasteiger partial charge on any atom is 0.119 e. The van der Waals surface area contributed by atoms with Crippen molar-refractivity contribution in [1.29, 1.82) is 0 Å². The first-order chi connectivity index (χ1) is 10.2. The van der Waals surface area contributed by atoms with Crippen molar-refractivity contribution < 1.29 is 9.47 Å². The number of benzene rings is 1. The van der Waals surface area contributed by atoms with E-state index in [9.17, 15) is 0 Å². The molecular weight excluding hydrogens is 264 g/mol. The van der Waals surface area contributed by atoms with Crippen molar-refractivity contribution in [3.8, 4) is 5.75 Å². The van der Waals surface area contributed by atoms with Crippen molar-refractivity contribution in [2.75, 3.05) is 33.9 Å². The highest BCUT2D eigenvalue weighted by atomic mass is 16.5. The second-order valence-corrected chi connectivity index (χ2v) is 6.04. The third-order valence-electron chi connectivity index (χ3n) is 4.28. The Hall–Kier alpha value is -1.10. The summed E-state index contributed by atoms with van der Waals surface area (Å²) in [6, 6.07) is 8.59. The fourth-order valence-corrected chi connectivity index (χ4v) is 3.39. The van der Waals surface area contributed by atoms with Crippen molar-refractivity contribution in [3.05, 3.63) is 29.8 Å². The SMILES string of the molecule is COCC1CCCN(C(c2cccc(OC)c2)C(C)N)C1. The zero-order chi connectivity index (χ0) is 15.2. The van der Waals surface area contributed by atoms with E-state index in [-0.39, 0.29) is 12.1 Å². The number of piperidine rings is 1. The van der Waals surface area contributed by atoms with Crippen LogP contribution in [0.2, 0.25) is 0 Å². The van der Waals surface area contributed by atoms with Crippen LogP contribution in [0.4, 0.5) is 0 Å². The van der Waals surface area contributed by atoms with Gasteiger partial charge in [0.1, 0.15) is 5.75 Å². The van der Waals surface area contributed by atoms with Crippen LogP contribution in [0, 0.1) is 5.92 Å². The molecule has 0 spiro atoms. The Labute approximate surface area is 128 Å². The van der Waals surface area contributed by atoms with E-state index in [1.54, 1.807) is 14.2 Å². The number of rotatable bonds is 6. The van der Waals surface area contributed by atoms with E-state index in [1.807, 2.05) is 12.1 Å². The Balaban J connectivity index is 2.17. The second-order valence-electron chi connectivity index (χ2n) is 6.04. The van der Waals surface area contributed by atoms with E-state index >= 15 is 0 Å². The van der Waals surface area contributed by atoms with Crippen LogP contribution in [0.25, 0.3) is 0 Å². The van der Waals surface area contributed by atoms with Crippen molar-refractivity contribution in [1.82, 2.24) is 4.90 Å². The van der Waals surface area contributed by atoms with Crippen molar-refractivity contribution in [2.24, 2.45) is 11.7 Å². The van der Waals surface area contributed by atoms with Crippen LogP contribution in [-0.2, 0) is 4.74 Å². The molecule has 2 rings (SSSR count). The first-order valence-electron chi connectivity index (χ1n) is 7.78. The van der Waals surface area contributed by atoms with Crippen LogP contribution >= 0.6 is 0 Å². The standard InChI is InChI=1S/C17H28N2O2/c1-13(18)17(15-7-4-8-16(10-15)21-3)19-9-5-6-14(11-19)12-20-2/h4,7-8,10,13-14,17H,5-6,9,11-12,18H2,1-3H3. The van der Waals surface area contributed by atoms with Gasteiger partial charge in [0, 0.05) is 25.7 Å². The first kappa shape index (κ1) is 16.3. The summed E-state index contributed by atoms with van der Waals surface area (Å²) in [5.74, 6) is 1.50. The van der Waals surface area contributed by atoms with Gasteiger partial charge in [0.25, 0.3) is 0 Å². The van der Waals surface area contributed by atoms with Gasteiger partial charge in [0.2, 0.25) is 0 Å². The Morgan fingerprint density at radius 3 is 2.86 bits per heavy atom. The maximum atomic E-state index is 6.30. The molecule has 4 heteroatoms. The molecule has 1 aromatic carbocycles. The largest absolute Gasteiger partial charge is 0.497 e. The third-order valence-corrected chi connectivity index (χ3v) is 4.28. The van der Waals surface area contributed by atoms with E-state index in [1.165, 1.54) is 18.4 Å². The van der Waals surface area contributed by atoms with Gasteiger partial charge in [-0.1, -0.05) is 12.1 Å². The lowest BCUT2D eigenvalue weighted by Crippen LogP contribution is -2.45. The first-order valence-corrected chi connectivity index (χ1v) is 7.78. The fourth-order valence-electron chi connectivity index (χ4n) is 3.39. The smallest absolute Gasteiger partial charge is 0.119 e. The van der Waals surface area contributed by atoms with Crippen LogP contribution < -0.4 is 10.5 Å². The van der Waals surface area contributed by atoms with Gasteiger partial charge in [0.05, 0.1) is 13.7 Å². The number of nitrogens with zero attached hydrogens (tertiary/aromatic N) is 1. The lowest BCUT2D eigenvalue weighted by Gasteiger charge is -2.40. The molecule has 3 unspecified atom stereocenters. The van der Waals surface area contributed by atoms with Gasteiger partial charge in [-0.05, 0) is 49.9 Å². The highest BCUT2D eigenvalue weighted by molar-refractivity contribution is 5.31. The molecular formula is C17H28N2O2. The third kappa shape index (κ3) is 4.19. The van der Waals surface area contributed by atoms with Crippen LogP contribution in [0.5, 0.6) is 5.75 Å². The predicted molar refractivity (Wildman–Crippen MR) is 85.6 cm³/mol. The van der Waals surface area contributed by atoms with Crippen LogP contribution in [0.15, 0.2) is 24.3 Å². The average molecular weight is 292 g/mol. The molecule has 1 aromatic rings. The van der Waals surface area contributed by atoms with E-state index in [2.05, 4.69) is 24.0 Å². The van der Waals surface area contributed by atoms with Gasteiger partial charge in [-0.3, -0.25) is 4.90 Å². The molecule has 118 valence electrons. The highest BCUT2D eigenvalue weighted by Gasteiger charge is 2.29. The Morgan fingerprint density at radius 1 is 1.38 bits per heavy atom. The number of hydrogen-bond acceptors (Lipinski definition) is 4. The number of nitrogens with two attached hydrogens (primary N) is 1. The Kier molecular flexibility index (Phi) is 6.03. The monoisotopic (exact) mass is 292 g/mol. The summed E-state index contributed by atoms with van der Waals surface area (Å²) in [7, 11) is 3.49. The summed E-state index contributed by atoms with van der Waals surface area (Å²) in [4.78, 5) is 2.51. The zero-order valence-corrected chi connectivity index (χ0v) is 13.4. The molecule has 0 bridgehead atoms. The van der Waals surface area contributed by atoms with Crippen LogP contribution in [0.3, 0.4) is 0 Å². The summed E-state index contributed by atoms with van der Waals surface area (Å²) in [5.41, 5.74) is 7.54. The second kappa shape index (κ2) is 7.78. The number of ether oxygens (including phenoxy) is 2. The fraction of sp³-hybridized carbons (Fsp3) is 0.647. The molecule has 2 N–H and O–H groups in total. The summed E-state index contributed by atoms with van der Waals surface area (Å²) in [6.45, 7) is 5.07. The minimum atomic E-state index is 0.0819. The lowest BCUT2D eigenvalue weighted by atomic mass is 9.92. The zero-order valence-electron chi connectivity index (χ0n) is 13.4. The molecule has 1 fully saturated rings.